The number of aliphatic hydroxyl groups is 1. The number of aliphatic hydroxyl groups excluding tert-OH is 1. The average Bonchev–Trinajstić information content (AvgIpc) is 2.76. The third-order valence-corrected chi connectivity index (χ3v) is 4.35. The van der Waals surface area contributed by atoms with E-state index in [-0.39, 0.29) is 0 Å². The van der Waals surface area contributed by atoms with Crippen LogP contribution >= 0.6 is 15.9 Å². The molecule has 2 atom stereocenters. The third-order valence-electron chi connectivity index (χ3n) is 3.66. The zero-order chi connectivity index (χ0) is 12.4. The summed E-state index contributed by atoms with van der Waals surface area (Å²) >= 11 is 3.54. The van der Waals surface area contributed by atoms with Gasteiger partial charge in [-0.3, -0.25) is 0 Å². The molecule has 17 heavy (non-hydrogen) atoms. The van der Waals surface area contributed by atoms with E-state index >= 15 is 0 Å². The number of anilines is 1. The van der Waals surface area contributed by atoms with Gasteiger partial charge in [-0.2, -0.15) is 0 Å². The van der Waals surface area contributed by atoms with Gasteiger partial charge in [0, 0.05) is 23.2 Å². The van der Waals surface area contributed by atoms with E-state index in [1.54, 1.807) is 6.92 Å². The molecule has 1 heterocycles. The summed E-state index contributed by atoms with van der Waals surface area (Å²) in [5, 5.41) is 9.60. The molecule has 0 bridgehead atoms. The number of hydrogen-bond donors (Lipinski definition) is 1. The fourth-order valence-electron chi connectivity index (χ4n) is 2.45. The van der Waals surface area contributed by atoms with E-state index in [1.165, 1.54) is 18.5 Å². The lowest BCUT2D eigenvalue weighted by atomic mass is 10.1. The van der Waals surface area contributed by atoms with Crippen molar-refractivity contribution in [1.82, 2.24) is 0 Å². The van der Waals surface area contributed by atoms with Gasteiger partial charge in [-0.1, -0.05) is 35.3 Å². The Kier molecular flexibility index (Phi) is 4.10. The minimum absolute atomic E-state index is 0.416. The molecule has 1 aliphatic rings. The van der Waals surface area contributed by atoms with Gasteiger partial charge in [-0.05, 0) is 37.0 Å². The van der Waals surface area contributed by atoms with Crippen LogP contribution in [0.25, 0.3) is 0 Å². The average molecular weight is 298 g/mol. The molecule has 2 unspecified atom stereocenters. The van der Waals surface area contributed by atoms with Gasteiger partial charge in [0.25, 0.3) is 0 Å². The molecule has 1 N–H and O–H groups in total. The molecule has 3 heteroatoms. The van der Waals surface area contributed by atoms with Crippen LogP contribution in [0, 0.1) is 5.92 Å². The van der Waals surface area contributed by atoms with Crippen molar-refractivity contribution in [1.29, 1.82) is 0 Å². The molecular formula is C14H20BrNO. The number of nitrogens with zero attached hydrogens (tertiary/aromatic N) is 1. The van der Waals surface area contributed by atoms with Crippen molar-refractivity contribution in [2.45, 2.75) is 32.8 Å². The Morgan fingerprint density at radius 1 is 1.53 bits per heavy atom. The van der Waals surface area contributed by atoms with Crippen molar-refractivity contribution in [2.24, 2.45) is 5.92 Å². The molecular weight excluding hydrogens is 278 g/mol. The highest BCUT2D eigenvalue weighted by molar-refractivity contribution is 9.10. The van der Waals surface area contributed by atoms with Gasteiger partial charge < -0.3 is 10.0 Å². The summed E-state index contributed by atoms with van der Waals surface area (Å²) in [5.74, 6) is 0.838. The lowest BCUT2D eigenvalue weighted by molar-refractivity contribution is 0.198. The Bertz CT molecular complexity index is 392. The van der Waals surface area contributed by atoms with Crippen molar-refractivity contribution < 1.29 is 5.11 Å². The van der Waals surface area contributed by atoms with Crippen LogP contribution in [0.15, 0.2) is 22.7 Å². The maximum Gasteiger partial charge on any atom is 0.0772 e. The topological polar surface area (TPSA) is 23.5 Å². The second kappa shape index (κ2) is 5.40. The van der Waals surface area contributed by atoms with Gasteiger partial charge >= 0.3 is 0 Å². The van der Waals surface area contributed by atoms with Crippen LogP contribution in [-0.4, -0.2) is 18.2 Å². The smallest absolute Gasteiger partial charge is 0.0772 e. The normalized spacial score (nSPS) is 21.9. The summed E-state index contributed by atoms with van der Waals surface area (Å²) in [5.41, 5.74) is 2.22. The fraction of sp³-hybridized carbons (Fsp3) is 0.571. The minimum Gasteiger partial charge on any atom is -0.389 e. The summed E-state index contributed by atoms with van der Waals surface area (Å²) in [6, 6.07) is 6.26. The monoisotopic (exact) mass is 297 g/mol. The lowest BCUT2D eigenvalue weighted by Gasteiger charge is -2.20. The number of benzene rings is 1. The molecule has 1 aromatic rings. The first kappa shape index (κ1) is 12.9. The van der Waals surface area contributed by atoms with Gasteiger partial charge in [0.1, 0.15) is 0 Å². The Morgan fingerprint density at radius 3 is 2.82 bits per heavy atom. The van der Waals surface area contributed by atoms with Gasteiger partial charge in [0.15, 0.2) is 0 Å². The van der Waals surface area contributed by atoms with E-state index in [4.69, 9.17) is 0 Å². The zero-order valence-corrected chi connectivity index (χ0v) is 12.1. The highest BCUT2D eigenvalue weighted by Crippen LogP contribution is 2.31. The van der Waals surface area contributed by atoms with E-state index < -0.39 is 6.10 Å². The Labute approximate surface area is 112 Å². The fourth-order valence-corrected chi connectivity index (χ4v) is 3.15. The molecule has 1 saturated heterocycles. The summed E-state index contributed by atoms with van der Waals surface area (Å²) in [7, 11) is 0. The molecule has 0 aromatic heterocycles. The molecule has 0 spiro atoms. The standard InChI is InChI=1S/C14H20BrNO/c1-3-11-6-7-16(9-11)12-4-5-13(10(2)17)14(15)8-12/h4-5,8,10-11,17H,3,6-7,9H2,1-2H3. The first-order valence-electron chi connectivity index (χ1n) is 6.34. The van der Waals surface area contributed by atoms with Gasteiger partial charge in [0.05, 0.1) is 6.10 Å². The molecule has 94 valence electrons. The summed E-state index contributed by atoms with van der Waals surface area (Å²) in [6.07, 6.45) is 2.15. The van der Waals surface area contributed by atoms with Crippen LogP contribution < -0.4 is 4.90 Å². The molecule has 2 nitrogen and oxygen atoms in total. The summed E-state index contributed by atoms with van der Waals surface area (Å²) in [4.78, 5) is 2.44. The molecule has 0 radical (unpaired) electrons. The zero-order valence-electron chi connectivity index (χ0n) is 10.5. The van der Waals surface area contributed by atoms with Crippen molar-refractivity contribution in [3.63, 3.8) is 0 Å². The van der Waals surface area contributed by atoms with Gasteiger partial charge in [-0.25, -0.2) is 0 Å². The van der Waals surface area contributed by atoms with Crippen molar-refractivity contribution >= 4 is 21.6 Å². The maximum atomic E-state index is 9.60. The van der Waals surface area contributed by atoms with Crippen LogP contribution in [0.4, 0.5) is 5.69 Å². The first-order valence-corrected chi connectivity index (χ1v) is 7.13. The lowest BCUT2D eigenvalue weighted by Crippen LogP contribution is -2.19. The summed E-state index contributed by atoms with van der Waals surface area (Å²) in [6.45, 7) is 6.37. The minimum atomic E-state index is -0.416. The molecule has 0 amide bonds. The van der Waals surface area contributed by atoms with E-state index in [9.17, 15) is 5.11 Å². The van der Waals surface area contributed by atoms with E-state index in [1.807, 2.05) is 6.07 Å². The predicted molar refractivity (Wildman–Crippen MR) is 75.4 cm³/mol. The molecule has 1 aromatic carbocycles. The van der Waals surface area contributed by atoms with Gasteiger partial charge in [0.2, 0.25) is 0 Å². The summed E-state index contributed by atoms with van der Waals surface area (Å²) < 4.78 is 1.00. The number of hydrogen-bond acceptors (Lipinski definition) is 2. The number of rotatable bonds is 3. The maximum absolute atomic E-state index is 9.60. The Balaban J connectivity index is 2.15. The highest BCUT2D eigenvalue weighted by Gasteiger charge is 2.21. The van der Waals surface area contributed by atoms with Crippen LogP contribution in [0.2, 0.25) is 0 Å². The quantitative estimate of drug-likeness (QED) is 0.919. The van der Waals surface area contributed by atoms with Crippen molar-refractivity contribution in [3.8, 4) is 0 Å². The van der Waals surface area contributed by atoms with E-state index in [0.29, 0.717) is 0 Å². The van der Waals surface area contributed by atoms with E-state index in [2.05, 4.69) is 39.9 Å². The van der Waals surface area contributed by atoms with Crippen LogP contribution in [0.3, 0.4) is 0 Å². The Hall–Kier alpha value is -0.540. The van der Waals surface area contributed by atoms with Crippen molar-refractivity contribution in [3.05, 3.63) is 28.2 Å². The molecule has 0 aliphatic carbocycles. The van der Waals surface area contributed by atoms with E-state index in [0.717, 1.165) is 29.0 Å². The van der Waals surface area contributed by atoms with Gasteiger partial charge in [-0.15, -0.1) is 0 Å². The molecule has 1 aliphatic heterocycles. The second-order valence-electron chi connectivity index (χ2n) is 4.89. The first-order chi connectivity index (χ1) is 8.11. The van der Waals surface area contributed by atoms with Crippen molar-refractivity contribution in [2.75, 3.05) is 18.0 Å². The SMILES string of the molecule is CCC1CCN(c2ccc(C(C)O)c(Br)c2)C1. The largest absolute Gasteiger partial charge is 0.389 e. The Morgan fingerprint density at radius 2 is 2.29 bits per heavy atom. The van der Waals surface area contributed by atoms with Crippen LogP contribution in [0.1, 0.15) is 38.4 Å². The molecule has 1 fully saturated rings. The second-order valence-corrected chi connectivity index (χ2v) is 5.75. The van der Waals surface area contributed by atoms with Crippen LogP contribution in [-0.2, 0) is 0 Å². The third kappa shape index (κ3) is 2.83. The number of halogens is 1. The molecule has 2 rings (SSSR count). The molecule has 0 saturated carbocycles. The highest BCUT2D eigenvalue weighted by atomic mass is 79.9. The van der Waals surface area contributed by atoms with Crippen LogP contribution in [0.5, 0.6) is 0 Å². The predicted octanol–water partition coefficient (Wildman–Crippen LogP) is 3.74.